The predicted octanol–water partition coefficient (Wildman–Crippen LogP) is 3.82. The van der Waals surface area contributed by atoms with Gasteiger partial charge in [0.05, 0.1) is 22.9 Å². The van der Waals surface area contributed by atoms with Crippen LogP contribution in [0.15, 0.2) is 29.9 Å². The van der Waals surface area contributed by atoms with Gasteiger partial charge in [-0.3, -0.25) is 29.0 Å². The first-order chi connectivity index (χ1) is 21.0. The third-order valence-electron chi connectivity index (χ3n) is 11.0. The summed E-state index contributed by atoms with van der Waals surface area (Å²) in [7, 11) is 7.61. The van der Waals surface area contributed by atoms with Crippen LogP contribution in [0.4, 0.5) is 5.69 Å². The first-order valence-corrected chi connectivity index (χ1v) is 16.2. The van der Waals surface area contributed by atoms with Crippen molar-refractivity contribution in [2.75, 3.05) is 46.2 Å². The van der Waals surface area contributed by atoms with Crippen molar-refractivity contribution in [3.05, 3.63) is 46.6 Å². The van der Waals surface area contributed by atoms with E-state index in [0.717, 1.165) is 35.4 Å². The number of hydrogen-bond acceptors (Lipinski definition) is 8. The molecule has 2 saturated carbocycles. The number of ether oxygens (including phenoxy) is 1. The minimum atomic E-state index is -1.13. The Hall–Kier alpha value is -3.30. The Bertz CT molecular complexity index is 1510. The first-order valence-electron chi connectivity index (χ1n) is 16.2. The summed E-state index contributed by atoms with van der Waals surface area (Å²) >= 11 is 0. The summed E-state index contributed by atoms with van der Waals surface area (Å²) in [4.78, 5) is 61.7. The number of nitrogens with zero attached hydrogens (tertiary/aromatic N) is 3. The van der Waals surface area contributed by atoms with Crippen LogP contribution in [0.1, 0.15) is 68.9 Å². The fraction of sp³-hybridized carbons (Fsp3) is 0.611. The largest absolute Gasteiger partial charge is 0.488 e. The van der Waals surface area contributed by atoms with Crippen LogP contribution in [0, 0.1) is 29.1 Å². The van der Waals surface area contributed by atoms with E-state index < -0.39 is 29.2 Å². The van der Waals surface area contributed by atoms with Gasteiger partial charge < -0.3 is 15.4 Å². The highest BCUT2D eigenvalue weighted by atomic mass is 16.5. The van der Waals surface area contributed by atoms with Crippen molar-refractivity contribution in [2.24, 2.45) is 34.8 Å². The second-order valence-corrected chi connectivity index (χ2v) is 14.7. The number of nitrogens with two attached hydrogens (primary N) is 1. The Morgan fingerprint density at radius 1 is 1.16 bits per heavy atom. The molecule has 1 spiro atoms. The van der Waals surface area contributed by atoms with Gasteiger partial charge in [0.15, 0.2) is 17.3 Å². The number of likely N-dealkylation sites (N-methyl/N-ethyl adjacent to an activating group) is 1. The highest BCUT2D eigenvalue weighted by Crippen LogP contribution is 2.66. The Labute approximate surface area is 267 Å². The van der Waals surface area contributed by atoms with Crippen LogP contribution in [-0.2, 0) is 27.3 Å². The van der Waals surface area contributed by atoms with Crippen LogP contribution in [0.5, 0.6) is 5.75 Å². The lowest BCUT2D eigenvalue weighted by molar-refractivity contribution is -0.145. The Kier molecular flexibility index (Phi) is 8.45. The fourth-order valence-corrected chi connectivity index (χ4v) is 8.53. The average Bonchev–Trinajstić information content (AvgIpc) is 3.68. The van der Waals surface area contributed by atoms with Crippen LogP contribution in [0.25, 0.3) is 0 Å². The van der Waals surface area contributed by atoms with Gasteiger partial charge in [0.25, 0.3) is 0 Å². The zero-order valence-electron chi connectivity index (χ0n) is 28.5. The van der Waals surface area contributed by atoms with Gasteiger partial charge in [0.1, 0.15) is 18.3 Å². The van der Waals surface area contributed by atoms with E-state index >= 15 is 0 Å². The van der Waals surface area contributed by atoms with Crippen molar-refractivity contribution in [1.82, 2.24) is 9.80 Å². The number of rotatable bonds is 11. The standard InChI is InChI=1S/C36H50N4O5/c1-11-35(5,6)40(12-2)17-21-15-25(45-18-19(3)4)27-22(29(21)38(7)8)13-20-14-23-30(39(9)10)32(42)28(34(37)44)24-16-36(23,24)33(43)26(20)31(27)41/h15-16,20,23,26,28,30H,3,11-14,17-18H2,1-2,4-10H3,(H2,37,44). The summed E-state index contributed by atoms with van der Waals surface area (Å²) in [6.45, 7) is 16.5. The van der Waals surface area contributed by atoms with Gasteiger partial charge in [-0.05, 0) is 94.9 Å². The third kappa shape index (κ3) is 5.07. The number of Topliss-reactive ketones (excluding diaryl/α,β-unsaturated/α-hetero) is 3. The molecule has 0 bridgehead atoms. The molecule has 1 amide bonds. The number of allylic oxidation sites excluding steroid dienone is 1. The number of primary amides is 1. The van der Waals surface area contributed by atoms with E-state index in [2.05, 4.69) is 44.1 Å². The van der Waals surface area contributed by atoms with Gasteiger partial charge in [-0.25, -0.2) is 0 Å². The summed E-state index contributed by atoms with van der Waals surface area (Å²) in [5, 5.41) is 0. The molecule has 1 aromatic carbocycles. The average molecular weight is 619 g/mol. The van der Waals surface area contributed by atoms with E-state index in [0.29, 0.717) is 36.3 Å². The van der Waals surface area contributed by atoms with E-state index in [1.807, 2.05) is 32.0 Å². The molecular weight excluding hydrogens is 568 g/mol. The van der Waals surface area contributed by atoms with E-state index in [1.54, 1.807) is 20.2 Å². The maximum Gasteiger partial charge on any atom is 0.232 e. The topological polar surface area (TPSA) is 113 Å². The molecule has 9 nitrogen and oxygen atoms in total. The van der Waals surface area contributed by atoms with Crippen molar-refractivity contribution < 1.29 is 23.9 Å². The molecule has 244 valence electrons. The van der Waals surface area contributed by atoms with Crippen molar-refractivity contribution in [1.29, 1.82) is 0 Å². The lowest BCUT2D eigenvalue weighted by Crippen LogP contribution is -2.62. The number of ketones is 3. The van der Waals surface area contributed by atoms with Gasteiger partial charge >= 0.3 is 0 Å². The molecular formula is C36H50N4O5. The summed E-state index contributed by atoms with van der Waals surface area (Å²) in [6.07, 6.45) is 3.77. The zero-order valence-corrected chi connectivity index (χ0v) is 28.5. The smallest absolute Gasteiger partial charge is 0.232 e. The molecule has 0 aliphatic heterocycles. The number of amides is 1. The van der Waals surface area contributed by atoms with Crippen LogP contribution in [0.2, 0.25) is 0 Å². The Balaban J connectivity index is 1.65. The van der Waals surface area contributed by atoms with Crippen molar-refractivity contribution in [2.45, 2.75) is 72.0 Å². The monoisotopic (exact) mass is 618 g/mol. The maximum absolute atomic E-state index is 14.7. The van der Waals surface area contributed by atoms with E-state index in [-0.39, 0.29) is 41.3 Å². The normalized spacial score (nSPS) is 28.6. The highest BCUT2D eigenvalue weighted by molar-refractivity contribution is 6.21. The third-order valence-corrected chi connectivity index (χ3v) is 11.0. The van der Waals surface area contributed by atoms with E-state index in [1.165, 1.54) is 0 Å². The van der Waals surface area contributed by atoms with Crippen molar-refractivity contribution >= 4 is 28.9 Å². The molecule has 0 saturated heterocycles. The molecule has 1 aromatic rings. The molecule has 9 heteroatoms. The fourth-order valence-electron chi connectivity index (χ4n) is 8.53. The molecule has 0 heterocycles. The molecule has 6 unspecified atom stereocenters. The van der Waals surface area contributed by atoms with Gasteiger partial charge in [-0.15, -0.1) is 0 Å². The van der Waals surface area contributed by atoms with Crippen LogP contribution in [0.3, 0.4) is 0 Å². The number of carbonyl (C=O) groups is 4. The lowest BCUT2D eigenvalue weighted by Gasteiger charge is -2.50. The summed E-state index contributed by atoms with van der Waals surface area (Å²) in [6, 6.07) is 1.35. The number of carbonyl (C=O) groups excluding carboxylic acids is 4. The minimum absolute atomic E-state index is 0.0373. The number of benzene rings is 1. The van der Waals surface area contributed by atoms with Crippen LogP contribution >= 0.6 is 0 Å². The van der Waals surface area contributed by atoms with E-state index in [9.17, 15) is 19.2 Å². The summed E-state index contributed by atoms with van der Waals surface area (Å²) < 4.78 is 6.31. The number of anilines is 1. The molecule has 6 atom stereocenters. The molecule has 4 aliphatic carbocycles. The molecule has 2 fully saturated rings. The molecule has 2 N–H and O–H groups in total. The van der Waals surface area contributed by atoms with Crippen LogP contribution < -0.4 is 15.4 Å². The molecule has 4 aliphatic rings. The van der Waals surface area contributed by atoms with Crippen molar-refractivity contribution in [3.63, 3.8) is 0 Å². The second-order valence-electron chi connectivity index (χ2n) is 14.7. The first kappa shape index (κ1) is 33.1. The zero-order chi connectivity index (χ0) is 33.3. The second kappa shape index (κ2) is 11.5. The van der Waals surface area contributed by atoms with Gasteiger partial charge in [0, 0.05) is 37.8 Å². The quantitative estimate of drug-likeness (QED) is 0.294. The maximum atomic E-state index is 14.7. The lowest BCUT2D eigenvalue weighted by atomic mass is 9.53. The summed E-state index contributed by atoms with van der Waals surface area (Å²) in [5.41, 5.74) is 9.34. The predicted molar refractivity (Wildman–Crippen MR) is 175 cm³/mol. The van der Waals surface area contributed by atoms with E-state index in [4.69, 9.17) is 10.5 Å². The van der Waals surface area contributed by atoms with Gasteiger partial charge in [-0.1, -0.05) is 26.5 Å². The minimum Gasteiger partial charge on any atom is -0.488 e. The Morgan fingerprint density at radius 3 is 2.36 bits per heavy atom. The molecule has 0 aromatic heterocycles. The van der Waals surface area contributed by atoms with Gasteiger partial charge in [-0.2, -0.15) is 0 Å². The SMILES string of the molecule is C=C(C)COc1cc(CN(CC)C(C)(C)CC)c(N(C)C)c2c1C(=O)C1C(=O)C34C=C3C(C(N)=O)C(=O)C(N(C)C)C4CC1C2. The molecule has 0 radical (unpaired) electrons. The van der Waals surface area contributed by atoms with Gasteiger partial charge in [0.2, 0.25) is 5.91 Å². The Morgan fingerprint density at radius 2 is 1.82 bits per heavy atom. The number of hydrogen-bond donors (Lipinski definition) is 1. The number of fused-ring (bicyclic) bond motifs is 2. The summed E-state index contributed by atoms with van der Waals surface area (Å²) in [5.74, 6) is -3.59. The molecule has 45 heavy (non-hydrogen) atoms. The van der Waals surface area contributed by atoms with Crippen LogP contribution in [-0.4, -0.2) is 86.0 Å². The van der Waals surface area contributed by atoms with Crippen molar-refractivity contribution in [3.8, 4) is 5.75 Å². The molecule has 5 rings (SSSR count). The highest BCUT2D eigenvalue weighted by Gasteiger charge is 2.72.